The van der Waals surface area contributed by atoms with Crippen LogP contribution in [0.1, 0.15) is 36.8 Å². The Bertz CT molecular complexity index is 986. The number of hydrogen-bond donors (Lipinski definition) is 2. The van der Waals surface area contributed by atoms with E-state index in [-0.39, 0.29) is 31.1 Å². The van der Waals surface area contributed by atoms with Crippen molar-refractivity contribution in [1.29, 1.82) is 0 Å². The normalized spacial score (nSPS) is 16.6. The van der Waals surface area contributed by atoms with Gasteiger partial charge in [-0.2, -0.15) is 0 Å². The molecule has 0 aromatic heterocycles. The van der Waals surface area contributed by atoms with E-state index in [1.807, 2.05) is 24.3 Å². The summed E-state index contributed by atoms with van der Waals surface area (Å²) in [7, 11) is 0. The minimum absolute atomic E-state index is 0.0426. The number of hydrogen-bond acceptors (Lipinski definition) is 5. The van der Waals surface area contributed by atoms with Crippen LogP contribution in [0.15, 0.2) is 48.5 Å². The molecule has 1 unspecified atom stereocenters. The number of amides is 2. The molecule has 1 aliphatic carbocycles. The Morgan fingerprint density at radius 2 is 1.61 bits per heavy atom. The highest BCUT2D eigenvalue weighted by Gasteiger charge is 2.30. The van der Waals surface area contributed by atoms with E-state index in [0.29, 0.717) is 25.9 Å². The fraction of sp³-hybridized carbons (Fsp3) is 0.400. The summed E-state index contributed by atoms with van der Waals surface area (Å²) in [6.45, 7) is 2.40. The summed E-state index contributed by atoms with van der Waals surface area (Å²) in [4.78, 5) is 37.4. The standard InChI is InChI=1S/C25H28N2O6/c1-16(24(30)27-12-10-17(11-13-27)32-15-23(28)29)26-25(31)33-14-22-20-8-4-2-6-18(20)19-7-3-5-9-21(19)22/h2-9,16-17,22H,10-15H2,1H3,(H,26,31)(H,28,29). The average molecular weight is 453 g/mol. The molecular formula is C25H28N2O6. The number of alkyl carbamates (subject to hydrolysis) is 1. The number of carboxylic acids is 1. The second-order valence-electron chi connectivity index (χ2n) is 8.42. The molecule has 1 aliphatic heterocycles. The maximum absolute atomic E-state index is 12.7. The molecule has 1 heterocycles. The van der Waals surface area contributed by atoms with E-state index in [2.05, 4.69) is 29.6 Å². The van der Waals surface area contributed by atoms with Gasteiger partial charge in [0.15, 0.2) is 0 Å². The number of carboxylic acid groups (broad SMARTS) is 1. The van der Waals surface area contributed by atoms with Crippen LogP contribution >= 0.6 is 0 Å². The highest BCUT2D eigenvalue weighted by atomic mass is 16.5. The topological polar surface area (TPSA) is 105 Å². The predicted molar refractivity (Wildman–Crippen MR) is 121 cm³/mol. The fourth-order valence-corrected chi connectivity index (χ4v) is 4.58. The number of fused-ring (bicyclic) bond motifs is 3. The summed E-state index contributed by atoms with van der Waals surface area (Å²) >= 11 is 0. The minimum atomic E-state index is -1.01. The van der Waals surface area contributed by atoms with Gasteiger partial charge in [0.2, 0.25) is 5.91 Å². The van der Waals surface area contributed by atoms with Crippen LogP contribution < -0.4 is 5.32 Å². The summed E-state index contributed by atoms with van der Waals surface area (Å²) in [5, 5.41) is 11.3. The third-order valence-corrected chi connectivity index (χ3v) is 6.24. The van der Waals surface area contributed by atoms with E-state index in [9.17, 15) is 14.4 Å². The zero-order valence-electron chi connectivity index (χ0n) is 18.5. The van der Waals surface area contributed by atoms with E-state index < -0.39 is 18.1 Å². The number of ether oxygens (including phenoxy) is 2. The summed E-state index contributed by atoms with van der Waals surface area (Å²) in [5.41, 5.74) is 4.56. The lowest BCUT2D eigenvalue weighted by atomic mass is 9.98. The first-order chi connectivity index (χ1) is 15.9. The SMILES string of the molecule is CC(NC(=O)OCC1c2ccccc2-c2ccccc21)C(=O)N1CCC(OCC(=O)O)CC1. The van der Waals surface area contributed by atoms with Gasteiger partial charge >= 0.3 is 12.1 Å². The van der Waals surface area contributed by atoms with Crippen LogP contribution in [0.3, 0.4) is 0 Å². The van der Waals surface area contributed by atoms with Crippen molar-refractivity contribution in [2.24, 2.45) is 0 Å². The van der Waals surface area contributed by atoms with Crippen molar-refractivity contribution >= 4 is 18.0 Å². The van der Waals surface area contributed by atoms with Gasteiger partial charge in [-0.3, -0.25) is 4.79 Å². The van der Waals surface area contributed by atoms with Crippen LogP contribution in [-0.4, -0.2) is 66.4 Å². The van der Waals surface area contributed by atoms with Crippen LogP contribution in [0.2, 0.25) is 0 Å². The lowest BCUT2D eigenvalue weighted by molar-refractivity contribution is -0.147. The molecule has 2 amide bonds. The van der Waals surface area contributed by atoms with E-state index in [0.717, 1.165) is 22.3 Å². The second kappa shape index (κ2) is 10.0. The summed E-state index contributed by atoms with van der Waals surface area (Å²) in [6, 6.07) is 15.5. The van der Waals surface area contributed by atoms with Gasteiger partial charge in [0.25, 0.3) is 0 Å². The molecular weight excluding hydrogens is 424 g/mol. The largest absolute Gasteiger partial charge is 0.480 e. The molecule has 0 radical (unpaired) electrons. The van der Waals surface area contributed by atoms with Crippen LogP contribution in [0.25, 0.3) is 11.1 Å². The van der Waals surface area contributed by atoms with E-state index in [1.165, 1.54) is 0 Å². The molecule has 1 saturated heterocycles. The average Bonchev–Trinajstić information content (AvgIpc) is 3.15. The van der Waals surface area contributed by atoms with Crippen LogP contribution in [0, 0.1) is 0 Å². The number of aliphatic carboxylic acids is 1. The van der Waals surface area contributed by atoms with Gasteiger partial charge in [0, 0.05) is 19.0 Å². The summed E-state index contributed by atoms with van der Waals surface area (Å²) in [6.07, 6.45) is 0.334. The van der Waals surface area contributed by atoms with Gasteiger partial charge in [-0.25, -0.2) is 9.59 Å². The second-order valence-corrected chi connectivity index (χ2v) is 8.42. The number of likely N-dealkylation sites (tertiary alicyclic amines) is 1. The van der Waals surface area contributed by atoms with Gasteiger partial charge in [-0.15, -0.1) is 0 Å². The van der Waals surface area contributed by atoms with Crippen molar-refractivity contribution in [2.45, 2.75) is 37.8 Å². The molecule has 174 valence electrons. The zero-order chi connectivity index (χ0) is 23.4. The van der Waals surface area contributed by atoms with Crippen molar-refractivity contribution in [1.82, 2.24) is 10.2 Å². The highest BCUT2D eigenvalue weighted by molar-refractivity contribution is 5.85. The molecule has 0 bridgehead atoms. The molecule has 2 aromatic rings. The molecule has 2 aromatic carbocycles. The Hall–Kier alpha value is -3.39. The lowest BCUT2D eigenvalue weighted by Crippen LogP contribution is -2.50. The number of carbonyl (C=O) groups is 3. The van der Waals surface area contributed by atoms with Crippen molar-refractivity contribution < 1.29 is 29.0 Å². The van der Waals surface area contributed by atoms with Gasteiger partial charge in [-0.1, -0.05) is 48.5 Å². The quantitative estimate of drug-likeness (QED) is 0.669. The third-order valence-electron chi connectivity index (χ3n) is 6.24. The number of carbonyl (C=O) groups excluding carboxylic acids is 2. The smallest absolute Gasteiger partial charge is 0.407 e. The molecule has 8 heteroatoms. The molecule has 0 saturated carbocycles. The Morgan fingerprint density at radius 3 is 2.18 bits per heavy atom. The van der Waals surface area contributed by atoms with Crippen LogP contribution in [-0.2, 0) is 19.1 Å². The fourth-order valence-electron chi connectivity index (χ4n) is 4.58. The number of rotatable bonds is 7. The van der Waals surface area contributed by atoms with Gasteiger partial charge in [0.1, 0.15) is 19.3 Å². The van der Waals surface area contributed by atoms with Crippen molar-refractivity contribution in [3.63, 3.8) is 0 Å². The van der Waals surface area contributed by atoms with E-state index in [4.69, 9.17) is 14.6 Å². The maximum Gasteiger partial charge on any atom is 0.407 e. The van der Waals surface area contributed by atoms with Gasteiger partial charge in [-0.05, 0) is 42.0 Å². The van der Waals surface area contributed by atoms with Gasteiger partial charge in [0.05, 0.1) is 6.10 Å². The Balaban J connectivity index is 1.27. The Labute approximate surface area is 192 Å². The molecule has 2 N–H and O–H groups in total. The monoisotopic (exact) mass is 452 g/mol. The number of piperidine rings is 1. The predicted octanol–water partition coefficient (Wildman–Crippen LogP) is 3.01. The summed E-state index contributed by atoms with van der Waals surface area (Å²) in [5.74, 6) is -1.24. The first kappa shape index (κ1) is 22.8. The van der Waals surface area contributed by atoms with Crippen molar-refractivity contribution in [3.05, 3.63) is 59.7 Å². The summed E-state index contributed by atoms with van der Waals surface area (Å²) < 4.78 is 10.8. The first-order valence-electron chi connectivity index (χ1n) is 11.2. The van der Waals surface area contributed by atoms with E-state index in [1.54, 1.807) is 11.8 Å². The molecule has 33 heavy (non-hydrogen) atoms. The molecule has 1 fully saturated rings. The molecule has 0 spiro atoms. The number of nitrogens with one attached hydrogen (secondary N) is 1. The molecule has 4 rings (SSSR count). The Kier molecular flexibility index (Phi) is 6.93. The zero-order valence-corrected chi connectivity index (χ0v) is 18.5. The molecule has 8 nitrogen and oxygen atoms in total. The van der Waals surface area contributed by atoms with Crippen LogP contribution in [0.4, 0.5) is 4.79 Å². The Morgan fingerprint density at radius 1 is 1.03 bits per heavy atom. The van der Waals surface area contributed by atoms with Crippen LogP contribution in [0.5, 0.6) is 0 Å². The maximum atomic E-state index is 12.7. The number of nitrogens with zero attached hydrogens (tertiary/aromatic N) is 1. The van der Waals surface area contributed by atoms with Crippen molar-refractivity contribution in [2.75, 3.05) is 26.3 Å². The minimum Gasteiger partial charge on any atom is -0.480 e. The van der Waals surface area contributed by atoms with Crippen molar-refractivity contribution in [3.8, 4) is 11.1 Å². The third kappa shape index (κ3) is 5.17. The first-order valence-corrected chi connectivity index (χ1v) is 11.2. The number of benzene rings is 2. The highest BCUT2D eigenvalue weighted by Crippen LogP contribution is 2.44. The van der Waals surface area contributed by atoms with E-state index >= 15 is 0 Å². The molecule has 2 aliphatic rings. The van der Waals surface area contributed by atoms with Gasteiger partial charge < -0.3 is 24.8 Å². The molecule has 1 atom stereocenters. The lowest BCUT2D eigenvalue weighted by Gasteiger charge is -2.33.